The molecule has 7 heteroatoms. The largest absolute Gasteiger partial charge is 0.336 e. The standard InChI is InChI=1S/C17H16BrN3O2S/c1-2-20(9-12-7-8-15(18)24-12)16(22)10-21-11-19-14-6-4-3-5-13(14)17(21)23/h3-8,11H,2,9-10H2,1H3. The predicted octanol–water partition coefficient (Wildman–Crippen LogP) is 3.27. The van der Waals surface area contributed by atoms with Crippen molar-refractivity contribution in [2.45, 2.75) is 20.0 Å². The van der Waals surface area contributed by atoms with Gasteiger partial charge in [0.15, 0.2) is 0 Å². The number of carbonyl (C=O) groups excluding carboxylic acids is 1. The molecule has 3 aromatic rings. The lowest BCUT2D eigenvalue weighted by atomic mass is 10.2. The molecule has 0 aliphatic carbocycles. The van der Waals surface area contributed by atoms with Crippen molar-refractivity contribution in [1.29, 1.82) is 0 Å². The summed E-state index contributed by atoms with van der Waals surface area (Å²) in [6.45, 7) is 3.06. The van der Waals surface area contributed by atoms with Crippen LogP contribution in [0.2, 0.25) is 0 Å². The van der Waals surface area contributed by atoms with Crippen LogP contribution >= 0.6 is 27.3 Å². The van der Waals surface area contributed by atoms with Gasteiger partial charge in [0.2, 0.25) is 5.91 Å². The van der Waals surface area contributed by atoms with Crippen LogP contribution in [0.3, 0.4) is 0 Å². The number of halogens is 1. The molecule has 0 fully saturated rings. The zero-order valence-electron chi connectivity index (χ0n) is 13.1. The van der Waals surface area contributed by atoms with Crippen LogP contribution in [0.15, 0.2) is 51.3 Å². The minimum absolute atomic E-state index is 0.00292. The van der Waals surface area contributed by atoms with Crippen molar-refractivity contribution in [3.05, 3.63) is 61.7 Å². The zero-order chi connectivity index (χ0) is 17.1. The van der Waals surface area contributed by atoms with Gasteiger partial charge in [-0.3, -0.25) is 14.2 Å². The first-order chi connectivity index (χ1) is 11.6. The zero-order valence-corrected chi connectivity index (χ0v) is 15.5. The summed E-state index contributed by atoms with van der Waals surface area (Å²) in [5.41, 5.74) is 0.450. The maximum atomic E-state index is 12.6. The second-order valence-corrected chi connectivity index (χ2v) is 7.86. The molecule has 1 amide bonds. The minimum atomic E-state index is -0.191. The molecule has 24 heavy (non-hydrogen) atoms. The highest BCUT2D eigenvalue weighted by Crippen LogP contribution is 2.23. The van der Waals surface area contributed by atoms with E-state index in [2.05, 4.69) is 20.9 Å². The summed E-state index contributed by atoms with van der Waals surface area (Å²) in [6, 6.07) is 11.1. The van der Waals surface area contributed by atoms with Crippen molar-refractivity contribution in [2.75, 3.05) is 6.54 Å². The third kappa shape index (κ3) is 3.57. The Bertz CT molecular complexity index is 935. The summed E-state index contributed by atoms with van der Waals surface area (Å²) >= 11 is 5.03. The monoisotopic (exact) mass is 405 g/mol. The van der Waals surface area contributed by atoms with Gasteiger partial charge in [-0.1, -0.05) is 12.1 Å². The van der Waals surface area contributed by atoms with Gasteiger partial charge < -0.3 is 4.90 Å². The smallest absolute Gasteiger partial charge is 0.261 e. The van der Waals surface area contributed by atoms with E-state index in [1.807, 2.05) is 25.1 Å². The maximum absolute atomic E-state index is 12.6. The summed E-state index contributed by atoms with van der Waals surface area (Å²) in [6.07, 6.45) is 1.44. The molecule has 0 aliphatic heterocycles. The molecule has 0 saturated heterocycles. The number of rotatable bonds is 5. The molecule has 0 unspecified atom stereocenters. The molecule has 0 spiro atoms. The van der Waals surface area contributed by atoms with Crippen LogP contribution in [0, 0.1) is 0 Å². The summed E-state index contributed by atoms with van der Waals surface area (Å²) < 4.78 is 2.41. The van der Waals surface area contributed by atoms with E-state index in [4.69, 9.17) is 0 Å². The summed E-state index contributed by atoms with van der Waals surface area (Å²) in [5, 5.41) is 0.526. The van der Waals surface area contributed by atoms with E-state index in [0.29, 0.717) is 24.0 Å². The molecule has 0 aliphatic rings. The number of hydrogen-bond acceptors (Lipinski definition) is 4. The number of nitrogens with zero attached hydrogens (tertiary/aromatic N) is 3. The van der Waals surface area contributed by atoms with Crippen LogP contribution in [-0.4, -0.2) is 26.9 Å². The van der Waals surface area contributed by atoms with Gasteiger partial charge in [-0.15, -0.1) is 11.3 Å². The van der Waals surface area contributed by atoms with Crippen LogP contribution < -0.4 is 5.56 Å². The van der Waals surface area contributed by atoms with Crippen molar-refractivity contribution < 1.29 is 4.79 Å². The van der Waals surface area contributed by atoms with E-state index < -0.39 is 0 Å². The van der Waals surface area contributed by atoms with E-state index in [-0.39, 0.29) is 18.0 Å². The molecule has 0 atom stereocenters. The normalized spacial score (nSPS) is 10.9. The van der Waals surface area contributed by atoms with Gasteiger partial charge in [0.05, 0.1) is 27.6 Å². The maximum Gasteiger partial charge on any atom is 0.261 e. The Morgan fingerprint density at radius 3 is 2.79 bits per heavy atom. The molecular weight excluding hydrogens is 390 g/mol. The SMILES string of the molecule is CCN(Cc1ccc(Br)s1)C(=O)Cn1cnc2ccccc2c1=O. The first-order valence-corrected chi connectivity index (χ1v) is 9.15. The van der Waals surface area contributed by atoms with Crippen LogP contribution in [0.25, 0.3) is 10.9 Å². The molecule has 0 N–H and O–H groups in total. The molecule has 0 radical (unpaired) electrons. The number of amides is 1. The van der Waals surface area contributed by atoms with Gasteiger partial charge in [-0.2, -0.15) is 0 Å². The van der Waals surface area contributed by atoms with E-state index >= 15 is 0 Å². The van der Waals surface area contributed by atoms with E-state index in [9.17, 15) is 9.59 Å². The second-order valence-electron chi connectivity index (χ2n) is 5.31. The van der Waals surface area contributed by atoms with Crippen molar-refractivity contribution >= 4 is 44.1 Å². The molecular formula is C17H16BrN3O2S. The quantitative estimate of drug-likeness (QED) is 0.654. The van der Waals surface area contributed by atoms with E-state index in [1.54, 1.807) is 34.4 Å². The van der Waals surface area contributed by atoms with Gasteiger partial charge in [0.1, 0.15) is 6.54 Å². The summed E-state index contributed by atoms with van der Waals surface area (Å²) in [4.78, 5) is 32.1. The van der Waals surface area contributed by atoms with Crippen molar-refractivity contribution in [2.24, 2.45) is 0 Å². The van der Waals surface area contributed by atoms with Crippen LogP contribution in [0.5, 0.6) is 0 Å². The Morgan fingerprint density at radius 2 is 2.08 bits per heavy atom. The highest BCUT2D eigenvalue weighted by Gasteiger charge is 2.15. The number of para-hydroxylation sites is 1. The molecule has 0 saturated carbocycles. The fourth-order valence-corrected chi connectivity index (χ4v) is 3.96. The van der Waals surface area contributed by atoms with Crippen molar-refractivity contribution in [3.8, 4) is 0 Å². The van der Waals surface area contributed by atoms with Crippen molar-refractivity contribution in [1.82, 2.24) is 14.5 Å². The Morgan fingerprint density at radius 1 is 1.29 bits per heavy atom. The van der Waals surface area contributed by atoms with Crippen LogP contribution in [0.1, 0.15) is 11.8 Å². The molecule has 5 nitrogen and oxygen atoms in total. The third-order valence-corrected chi connectivity index (χ3v) is 5.36. The molecule has 0 bridgehead atoms. The average molecular weight is 406 g/mol. The van der Waals surface area contributed by atoms with Crippen LogP contribution in [0.4, 0.5) is 0 Å². The molecule has 2 heterocycles. The summed E-state index contributed by atoms with van der Waals surface area (Å²) in [5.74, 6) is -0.0961. The average Bonchev–Trinajstić information content (AvgIpc) is 3.00. The fourth-order valence-electron chi connectivity index (χ4n) is 2.47. The number of aromatic nitrogens is 2. The molecule has 124 valence electrons. The highest BCUT2D eigenvalue weighted by molar-refractivity contribution is 9.11. The van der Waals surface area contributed by atoms with Gasteiger partial charge in [0.25, 0.3) is 5.56 Å². The number of carbonyl (C=O) groups is 1. The topological polar surface area (TPSA) is 55.2 Å². The van der Waals surface area contributed by atoms with Gasteiger partial charge in [-0.05, 0) is 47.1 Å². The Labute approximate surface area is 151 Å². The Balaban J connectivity index is 1.80. The molecule has 1 aromatic carbocycles. The first-order valence-electron chi connectivity index (χ1n) is 7.54. The fraction of sp³-hybridized carbons (Fsp3) is 0.235. The number of benzene rings is 1. The van der Waals surface area contributed by atoms with Crippen molar-refractivity contribution in [3.63, 3.8) is 0 Å². The van der Waals surface area contributed by atoms with Crippen LogP contribution in [-0.2, 0) is 17.9 Å². The highest BCUT2D eigenvalue weighted by atomic mass is 79.9. The lowest BCUT2D eigenvalue weighted by molar-refractivity contribution is -0.132. The Kier molecular flexibility index (Phi) is 5.11. The predicted molar refractivity (Wildman–Crippen MR) is 99.1 cm³/mol. The third-order valence-electron chi connectivity index (χ3n) is 3.75. The number of hydrogen-bond donors (Lipinski definition) is 0. The second kappa shape index (κ2) is 7.27. The number of fused-ring (bicyclic) bond motifs is 1. The van der Waals surface area contributed by atoms with Gasteiger partial charge >= 0.3 is 0 Å². The summed E-state index contributed by atoms with van der Waals surface area (Å²) in [7, 11) is 0. The number of likely N-dealkylation sites (N-methyl/N-ethyl adjacent to an activating group) is 1. The van der Waals surface area contributed by atoms with Gasteiger partial charge in [-0.25, -0.2) is 4.98 Å². The molecule has 3 rings (SSSR count). The van der Waals surface area contributed by atoms with E-state index in [1.165, 1.54) is 10.9 Å². The van der Waals surface area contributed by atoms with E-state index in [0.717, 1.165) is 8.66 Å². The minimum Gasteiger partial charge on any atom is -0.336 e. The number of thiophene rings is 1. The Hall–Kier alpha value is -1.99. The van der Waals surface area contributed by atoms with Gasteiger partial charge in [0, 0.05) is 11.4 Å². The lowest BCUT2D eigenvalue weighted by Gasteiger charge is -2.20. The first kappa shape index (κ1) is 16.9. The molecule has 2 aromatic heterocycles. The lowest BCUT2D eigenvalue weighted by Crippen LogP contribution is -2.36.